The average molecular weight is 580 g/mol. The second-order valence-electron chi connectivity index (χ2n) is 10.1. The number of piperazine rings is 1. The molecule has 1 amide bonds. The van der Waals surface area contributed by atoms with Crippen LogP contribution in [0.2, 0.25) is 0 Å². The van der Waals surface area contributed by atoms with Crippen LogP contribution in [-0.4, -0.2) is 71.0 Å². The third-order valence-corrected chi connectivity index (χ3v) is 8.76. The molecule has 0 radical (unpaired) electrons. The fraction of sp³-hybridized carbons (Fsp3) is 0.467. The Morgan fingerprint density at radius 2 is 1.82 bits per heavy atom. The van der Waals surface area contributed by atoms with Gasteiger partial charge >= 0.3 is 0 Å². The number of carbonyl (C=O) groups excluding carboxylic acids is 1. The van der Waals surface area contributed by atoms with Crippen LogP contribution in [0, 0.1) is 18.3 Å². The van der Waals surface area contributed by atoms with Crippen molar-refractivity contribution in [3.05, 3.63) is 67.8 Å². The Hall–Kier alpha value is -2.97. The summed E-state index contributed by atoms with van der Waals surface area (Å²) in [5, 5.41) is 9.95. The lowest BCUT2D eigenvalue weighted by molar-refractivity contribution is -0.122. The minimum atomic E-state index is -0.264. The van der Waals surface area contributed by atoms with Gasteiger partial charge < -0.3 is 9.64 Å². The van der Waals surface area contributed by atoms with E-state index in [9.17, 15) is 14.9 Å². The summed E-state index contributed by atoms with van der Waals surface area (Å²) in [6.07, 6.45) is 4.27. The van der Waals surface area contributed by atoms with Gasteiger partial charge in [-0.1, -0.05) is 67.7 Å². The van der Waals surface area contributed by atoms with Gasteiger partial charge in [0.2, 0.25) is 0 Å². The first kappa shape index (κ1) is 30.0. The van der Waals surface area contributed by atoms with Gasteiger partial charge in [0, 0.05) is 65.1 Å². The van der Waals surface area contributed by atoms with Crippen LogP contribution in [-0.2, 0) is 22.6 Å². The number of nitrogens with zero attached hydrogens (tertiary/aromatic N) is 5. The van der Waals surface area contributed by atoms with E-state index in [2.05, 4.69) is 47.1 Å². The SMILES string of the molecule is CCCCn1c(N2CCN(Cc3ccccc3)CC2)c(/C=C2/SC(=S)N(CCCOC)C2=O)c(C)c(C#N)c1=O. The molecule has 0 spiro atoms. The lowest BCUT2D eigenvalue weighted by Gasteiger charge is -2.38. The number of thiocarbonyl (C=S) groups is 1. The van der Waals surface area contributed by atoms with Gasteiger partial charge in [-0.15, -0.1) is 0 Å². The molecule has 2 aromatic rings. The fourth-order valence-electron chi connectivity index (χ4n) is 5.16. The van der Waals surface area contributed by atoms with E-state index in [-0.39, 0.29) is 17.0 Å². The molecule has 2 saturated heterocycles. The molecule has 4 rings (SSSR count). The van der Waals surface area contributed by atoms with E-state index in [1.54, 1.807) is 16.6 Å². The average Bonchev–Trinajstić information content (AvgIpc) is 3.22. The zero-order chi connectivity index (χ0) is 28.6. The third kappa shape index (κ3) is 6.66. The Bertz CT molecular complexity index is 1360. The van der Waals surface area contributed by atoms with Gasteiger partial charge in [-0.05, 0) is 37.0 Å². The molecule has 0 N–H and O–H groups in total. The first-order valence-corrected chi connectivity index (χ1v) is 15.0. The summed E-state index contributed by atoms with van der Waals surface area (Å²) >= 11 is 6.81. The van der Waals surface area contributed by atoms with Crippen molar-refractivity contribution in [1.29, 1.82) is 5.26 Å². The number of nitriles is 1. The van der Waals surface area contributed by atoms with Gasteiger partial charge in [-0.2, -0.15) is 5.26 Å². The van der Waals surface area contributed by atoms with Crippen LogP contribution >= 0.6 is 24.0 Å². The van der Waals surface area contributed by atoms with Crippen molar-refractivity contribution in [3.8, 4) is 6.07 Å². The number of unbranched alkanes of at least 4 members (excludes halogenated alkanes) is 1. The van der Waals surface area contributed by atoms with Crippen molar-refractivity contribution in [2.24, 2.45) is 0 Å². The number of ether oxygens (including phenoxy) is 1. The smallest absolute Gasteiger partial charge is 0.270 e. The molecular weight excluding hydrogens is 542 g/mol. The van der Waals surface area contributed by atoms with E-state index < -0.39 is 0 Å². The molecular formula is C30H37N5O3S2. The van der Waals surface area contributed by atoms with Crippen LogP contribution in [0.4, 0.5) is 5.82 Å². The number of aromatic nitrogens is 1. The third-order valence-electron chi connectivity index (χ3n) is 7.38. The molecule has 3 heterocycles. The van der Waals surface area contributed by atoms with E-state index >= 15 is 0 Å². The standard InChI is InChI=1S/C30H37N5O3S2/c1-4-5-12-34-27(33-16-14-32(15-17-33)21-23-10-7-6-8-11-23)24(22(2)25(20-31)28(34)36)19-26-29(37)35(30(39)40-26)13-9-18-38-3/h6-8,10-11,19H,4-5,9,12-18,21H2,1-3H3/b26-19+. The highest BCUT2D eigenvalue weighted by atomic mass is 32.2. The van der Waals surface area contributed by atoms with E-state index in [4.69, 9.17) is 17.0 Å². The number of anilines is 1. The van der Waals surface area contributed by atoms with Crippen LogP contribution in [0.3, 0.4) is 0 Å². The zero-order valence-electron chi connectivity index (χ0n) is 23.5. The second-order valence-corrected chi connectivity index (χ2v) is 11.8. The molecule has 8 nitrogen and oxygen atoms in total. The predicted octanol–water partition coefficient (Wildman–Crippen LogP) is 4.39. The summed E-state index contributed by atoms with van der Waals surface area (Å²) < 4.78 is 7.41. The maximum Gasteiger partial charge on any atom is 0.270 e. The number of amides is 1. The maximum absolute atomic E-state index is 13.6. The number of methoxy groups -OCH3 is 1. The topological polar surface area (TPSA) is 81.8 Å². The molecule has 212 valence electrons. The van der Waals surface area contributed by atoms with Crippen LogP contribution in [0.25, 0.3) is 6.08 Å². The minimum absolute atomic E-state index is 0.129. The maximum atomic E-state index is 13.6. The highest BCUT2D eigenvalue weighted by molar-refractivity contribution is 8.26. The van der Waals surface area contributed by atoms with E-state index in [0.29, 0.717) is 40.9 Å². The second kappa shape index (κ2) is 14.1. The highest BCUT2D eigenvalue weighted by Gasteiger charge is 2.33. The van der Waals surface area contributed by atoms with E-state index in [1.807, 2.05) is 19.1 Å². The first-order valence-electron chi connectivity index (χ1n) is 13.8. The molecule has 40 heavy (non-hydrogen) atoms. The number of benzene rings is 1. The van der Waals surface area contributed by atoms with Gasteiger partial charge in [0.25, 0.3) is 11.5 Å². The monoisotopic (exact) mass is 579 g/mol. The highest BCUT2D eigenvalue weighted by Crippen LogP contribution is 2.36. The van der Waals surface area contributed by atoms with Gasteiger partial charge in [0.05, 0.1) is 4.91 Å². The summed E-state index contributed by atoms with van der Waals surface area (Å²) in [4.78, 5) is 33.7. The van der Waals surface area contributed by atoms with Crippen molar-refractivity contribution < 1.29 is 9.53 Å². The number of hydrogen-bond donors (Lipinski definition) is 0. The Morgan fingerprint density at radius 3 is 2.48 bits per heavy atom. The molecule has 0 aliphatic carbocycles. The normalized spacial score (nSPS) is 17.2. The van der Waals surface area contributed by atoms with E-state index in [0.717, 1.165) is 56.9 Å². The van der Waals surface area contributed by atoms with Crippen molar-refractivity contribution in [3.63, 3.8) is 0 Å². The molecule has 0 atom stereocenters. The minimum Gasteiger partial charge on any atom is -0.385 e. The van der Waals surface area contributed by atoms with Gasteiger partial charge in [-0.25, -0.2) is 0 Å². The lowest BCUT2D eigenvalue weighted by Crippen LogP contribution is -2.48. The molecule has 2 aliphatic heterocycles. The summed E-state index contributed by atoms with van der Waals surface area (Å²) in [6, 6.07) is 12.6. The quantitative estimate of drug-likeness (QED) is 0.220. The van der Waals surface area contributed by atoms with Crippen LogP contribution < -0.4 is 10.5 Å². The van der Waals surface area contributed by atoms with Gasteiger partial charge in [-0.3, -0.25) is 24.0 Å². The number of rotatable bonds is 11. The Labute approximate surface area is 246 Å². The summed E-state index contributed by atoms with van der Waals surface area (Å²) in [7, 11) is 1.64. The molecule has 2 fully saturated rings. The number of thioether (sulfide) groups is 1. The Morgan fingerprint density at radius 1 is 1.10 bits per heavy atom. The Balaban J connectivity index is 1.71. The molecule has 10 heteroatoms. The first-order chi connectivity index (χ1) is 19.4. The molecule has 2 aliphatic rings. The fourth-order valence-corrected chi connectivity index (χ4v) is 6.45. The summed E-state index contributed by atoms with van der Waals surface area (Å²) in [6.45, 7) is 9.49. The Kier molecular flexibility index (Phi) is 10.6. The molecule has 0 bridgehead atoms. The van der Waals surface area contributed by atoms with Crippen LogP contribution in [0.1, 0.15) is 48.4 Å². The molecule has 0 saturated carbocycles. The van der Waals surface area contributed by atoms with Gasteiger partial charge in [0.1, 0.15) is 21.8 Å². The van der Waals surface area contributed by atoms with Crippen molar-refractivity contribution in [2.75, 3.05) is 51.3 Å². The van der Waals surface area contributed by atoms with Crippen molar-refractivity contribution in [2.45, 2.75) is 46.2 Å². The lowest BCUT2D eigenvalue weighted by atomic mass is 10.0. The summed E-state index contributed by atoms with van der Waals surface area (Å²) in [5.41, 5.74) is 2.50. The van der Waals surface area contributed by atoms with Crippen molar-refractivity contribution >= 4 is 46.1 Å². The van der Waals surface area contributed by atoms with Gasteiger partial charge in [0.15, 0.2) is 0 Å². The molecule has 1 aromatic carbocycles. The number of hydrogen-bond acceptors (Lipinski definition) is 8. The molecule has 1 aromatic heterocycles. The number of pyridine rings is 1. The van der Waals surface area contributed by atoms with E-state index in [1.165, 1.54) is 17.3 Å². The van der Waals surface area contributed by atoms with Crippen LogP contribution in [0.15, 0.2) is 40.0 Å². The predicted molar refractivity (Wildman–Crippen MR) is 165 cm³/mol. The van der Waals surface area contributed by atoms with Crippen molar-refractivity contribution in [1.82, 2.24) is 14.4 Å². The van der Waals surface area contributed by atoms with Crippen LogP contribution in [0.5, 0.6) is 0 Å². The summed E-state index contributed by atoms with van der Waals surface area (Å²) in [5.74, 6) is 0.646. The largest absolute Gasteiger partial charge is 0.385 e. The molecule has 0 unspecified atom stereocenters. The number of carbonyl (C=O) groups is 1. The zero-order valence-corrected chi connectivity index (χ0v) is 25.2.